The molecule has 1 N–H and O–H groups in total. The zero-order valence-corrected chi connectivity index (χ0v) is 20.4. The third-order valence-electron chi connectivity index (χ3n) is 8.21. The fourth-order valence-corrected chi connectivity index (χ4v) is 7.01. The molecule has 0 heterocycles. The summed E-state index contributed by atoms with van der Waals surface area (Å²) < 4.78 is 17.4. The molecule has 5 nitrogen and oxygen atoms in total. The minimum atomic E-state index is -0.0249. The molecule has 182 valence electrons. The predicted molar refractivity (Wildman–Crippen MR) is 133 cm³/mol. The number of ether oxygens (including phenoxy) is 3. The summed E-state index contributed by atoms with van der Waals surface area (Å²) in [6.07, 6.45) is 8.08. The molecule has 34 heavy (non-hydrogen) atoms. The van der Waals surface area contributed by atoms with E-state index in [1.165, 1.54) is 38.5 Å². The summed E-state index contributed by atoms with van der Waals surface area (Å²) in [4.78, 5) is 13.2. The lowest BCUT2D eigenvalue weighted by atomic mass is 9.48. The van der Waals surface area contributed by atoms with Crippen LogP contribution >= 0.6 is 0 Å². The molecular weight excluding hydrogens is 426 g/mol. The van der Waals surface area contributed by atoms with Crippen LogP contribution in [0.3, 0.4) is 0 Å². The molecule has 4 bridgehead atoms. The predicted octanol–water partition coefficient (Wildman–Crippen LogP) is 5.88. The van der Waals surface area contributed by atoms with Gasteiger partial charge in [-0.2, -0.15) is 0 Å². The Morgan fingerprint density at radius 3 is 2.21 bits per heavy atom. The molecule has 6 rings (SSSR count). The molecule has 2 aromatic carbocycles. The Kier molecular flexibility index (Phi) is 6.71. The van der Waals surface area contributed by atoms with Gasteiger partial charge in [0.2, 0.25) is 0 Å². The van der Waals surface area contributed by atoms with Crippen molar-refractivity contribution in [3.63, 3.8) is 0 Å². The van der Waals surface area contributed by atoms with Crippen LogP contribution in [0.25, 0.3) is 0 Å². The van der Waals surface area contributed by atoms with Crippen molar-refractivity contribution in [2.24, 2.45) is 23.2 Å². The Morgan fingerprint density at radius 2 is 1.56 bits per heavy atom. The molecular formula is C29H37NO4. The van der Waals surface area contributed by atoms with Crippen LogP contribution in [0.4, 0.5) is 0 Å². The van der Waals surface area contributed by atoms with E-state index >= 15 is 0 Å². The van der Waals surface area contributed by atoms with Crippen LogP contribution in [0.15, 0.2) is 48.5 Å². The number of carbonyl (C=O) groups is 1. The molecule has 0 saturated heterocycles. The Labute approximate surface area is 203 Å². The van der Waals surface area contributed by atoms with E-state index in [-0.39, 0.29) is 17.4 Å². The average molecular weight is 464 g/mol. The molecule has 4 fully saturated rings. The van der Waals surface area contributed by atoms with Crippen molar-refractivity contribution in [1.29, 1.82) is 0 Å². The quantitative estimate of drug-likeness (QED) is 0.447. The number of para-hydroxylation sites is 1. The van der Waals surface area contributed by atoms with Gasteiger partial charge in [-0.3, -0.25) is 4.79 Å². The Hall–Kier alpha value is -2.69. The van der Waals surface area contributed by atoms with E-state index in [0.717, 1.165) is 23.5 Å². The van der Waals surface area contributed by atoms with Gasteiger partial charge in [-0.25, -0.2) is 0 Å². The van der Waals surface area contributed by atoms with Gasteiger partial charge in [0.1, 0.15) is 19.0 Å². The highest BCUT2D eigenvalue weighted by atomic mass is 16.5. The molecule has 0 radical (unpaired) electrons. The van der Waals surface area contributed by atoms with Crippen LogP contribution in [0.5, 0.6) is 17.2 Å². The van der Waals surface area contributed by atoms with E-state index in [0.29, 0.717) is 36.9 Å². The zero-order valence-electron chi connectivity index (χ0n) is 20.4. The second-order valence-corrected chi connectivity index (χ2v) is 10.6. The van der Waals surface area contributed by atoms with Gasteiger partial charge in [0, 0.05) is 11.6 Å². The number of carbonyl (C=O) groups excluding carboxylic acids is 1. The number of amides is 1. The maximum absolute atomic E-state index is 13.2. The van der Waals surface area contributed by atoms with Crippen molar-refractivity contribution in [2.75, 3.05) is 19.8 Å². The summed E-state index contributed by atoms with van der Waals surface area (Å²) >= 11 is 0. The lowest BCUT2D eigenvalue weighted by Crippen LogP contribution is -2.55. The first kappa shape index (κ1) is 23.1. The maximum atomic E-state index is 13.2. The molecule has 0 unspecified atom stereocenters. The molecule has 0 aliphatic heterocycles. The normalized spacial score (nSPS) is 27.8. The molecule has 0 aromatic heterocycles. The van der Waals surface area contributed by atoms with Crippen LogP contribution in [-0.4, -0.2) is 31.8 Å². The number of benzene rings is 2. The van der Waals surface area contributed by atoms with Crippen molar-refractivity contribution < 1.29 is 19.0 Å². The van der Waals surface area contributed by atoms with Crippen molar-refractivity contribution in [1.82, 2.24) is 5.32 Å². The van der Waals surface area contributed by atoms with E-state index in [1.54, 1.807) is 6.07 Å². The van der Waals surface area contributed by atoms with E-state index in [4.69, 9.17) is 14.2 Å². The average Bonchev–Trinajstić information content (AvgIpc) is 2.82. The topological polar surface area (TPSA) is 56.8 Å². The lowest BCUT2D eigenvalue weighted by molar-refractivity contribution is -0.0688. The van der Waals surface area contributed by atoms with E-state index in [1.807, 2.05) is 49.4 Å². The van der Waals surface area contributed by atoms with Crippen LogP contribution in [0, 0.1) is 23.2 Å². The number of hydrogen-bond donors (Lipinski definition) is 1. The van der Waals surface area contributed by atoms with Crippen molar-refractivity contribution in [3.8, 4) is 17.2 Å². The van der Waals surface area contributed by atoms with Gasteiger partial charge < -0.3 is 19.5 Å². The third kappa shape index (κ3) is 4.89. The molecule has 4 saturated carbocycles. The van der Waals surface area contributed by atoms with Crippen LogP contribution in [0.1, 0.15) is 62.7 Å². The fraction of sp³-hybridized carbons (Fsp3) is 0.552. The monoisotopic (exact) mass is 463 g/mol. The number of hydrogen-bond acceptors (Lipinski definition) is 4. The molecule has 1 atom stereocenters. The van der Waals surface area contributed by atoms with E-state index < -0.39 is 0 Å². The minimum absolute atomic E-state index is 0.0249. The van der Waals surface area contributed by atoms with Crippen LogP contribution in [0.2, 0.25) is 0 Å². The second-order valence-electron chi connectivity index (χ2n) is 10.6. The van der Waals surface area contributed by atoms with Gasteiger partial charge in [0.15, 0.2) is 11.5 Å². The van der Waals surface area contributed by atoms with Crippen molar-refractivity contribution in [3.05, 3.63) is 54.1 Å². The first-order chi connectivity index (χ1) is 16.5. The van der Waals surface area contributed by atoms with Crippen molar-refractivity contribution in [2.45, 2.75) is 58.4 Å². The zero-order chi connectivity index (χ0) is 23.5. The largest absolute Gasteiger partial charge is 0.490 e. The molecule has 5 heteroatoms. The Balaban J connectivity index is 1.20. The van der Waals surface area contributed by atoms with Gasteiger partial charge in [0.05, 0.1) is 6.61 Å². The van der Waals surface area contributed by atoms with Crippen molar-refractivity contribution >= 4 is 5.91 Å². The highest BCUT2D eigenvalue weighted by Crippen LogP contribution is 2.61. The lowest BCUT2D eigenvalue weighted by Gasteiger charge is -2.59. The van der Waals surface area contributed by atoms with E-state index in [9.17, 15) is 4.79 Å². The molecule has 4 aliphatic rings. The Bertz CT molecular complexity index is 954. The summed E-state index contributed by atoms with van der Waals surface area (Å²) in [5.74, 6) is 4.63. The van der Waals surface area contributed by atoms with Gasteiger partial charge in [-0.05, 0) is 106 Å². The summed E-state index contributed by atoms with van der Waals surface area (Å²) in [7, 11) is 0. The van der Waals surface area contributed by atoms with Gasteiger partial charge in [-0.15, -0.1) is 0 Å². The summed E-state index contributed by atoms with van der Waals surface area (Å²) in [5.41, 5.74) is 0.905. The number of rotatable bonds is 10. The molecule has 4 aliphatic carbocycles. The minimum Gasteiger partial charge on any atom is -0.490 e. The smallest absolute Gasteiger partial charge is 0.251 e. The first-order valence-corrected chi connectivity index (χ1v) is 12.9. The summed E-state index contributed by atoms with van der Waals surface area (Å²) in [6.45, 7) is 5.48. The number of nitrogens with one attached hydrogen (secondary N) is 1. The molecule has 1 amide bonds. The van der Waals surface area contributed by atoms with Gasteiger partial charge in [0.25, 0.3) is 5.91 Å². The highest BCUT2D eigenvalue weighted by Gasteiger charge is 2.53. The standard InChI is InChI=1S/C29H37NO4/c1-3-32-27-16-24(9-10-26(27)34-12-11-33-25-7-5-4-6-8-25)28(31)30-20(2)29-17-21-13-22(18-29)15-23(14-21)19-29/h4-10,16,20-23H,3,11-15,17-19H2,1-2H3,(H,30,31)/t20-,21?,22?,23?,29?/m0/s1. The fourth-order valence-electron chi connectivity index (χ4n) is 7.01. The Morgan fingerprint density at radius 1 is 0.912 bits per heavy atom. The summed E-state index contributed by atoms with van der Waals surface area (Å²) in [6, 6.07) is 15.3. The second kappa shape index (κ2) is 9.89. The van der Waals surface area contributed by atoms with Crippen LogP contribution in [-0.2, 0) is 0 Å². The van der Waals surface area contributed by atoms with Crippen LogP contribution < -0.4 is 19.5 Å². The van der Waals surface area contributed by atoms with Gasteiger partial charge >= 0.3 is 0 Å². The SMILES string of the molecule is CCOc1cc(C(=O)N[C@@H](C)C23CC4CC(CC(C4)C2)C3)ccc1OCCOc1ccccc1. The summed E-state index contributed by atoms with van der Waals surface area (Å²) in [5, 5.41) is 3.36. The highest BCUT2D eigenvalue weighted by molar-refractivity contribution is 5.95. The third-order valence-corrected chi connectivity index (χ3v) is 8.21. The molecule has 0 spiro atoms. The first-order valence-electron chi connectivity index (χ1n) is 12.9. The molecule has 2 aromatic rings. The van der Waals surface area contributed by atoms with Gasteiger partial charge in [-0.1, -0.05) is 18.2 Å². The van der Waals surface area contributed by atoms with E-state index in [2.05, 4.69) is 12.2 Å². The maximum Gasteiger partial charge on any atom is 0.251 e.